The smallest absolute Gasteiger partial charge is 0.0931 e. The van der Waals surface area contributed by atoms with Gasteiger partial charge in [0.1, 0.15) is 0 Å². The SMILES string of the molecule is CCC(CC)CNC(c1cccs1)c1ccc(Cl)s1. The Kier molecular flexibility index (Phi) is 5.89. The van der Waals surface area contributed by atoms with Gasteiger partial charge in [-0.05, 0) is 36.0 Å². The molecule has 1 unspecified atom stereocenters. The van der Waals surface area contributed by atoms with Crippen LogP contribution in [0.15, 0.2) is 29.6 Å². The average molecular weight is 314 g/mol. The zero-order valence-corrected chi connectivity index (χ0v) is 13.7. The van der Waals surface area contributed by atoms with Gasteiger partial charge in [0, 0.05) is 9.75 Å². The van der Waals surface area contributed by atoms with E-state index >= 15 is 0 Å². The molecular weight excluding hydrogens is 294 g/mol. The summed E-state index contributed by atoms with van der Waals surface area (Å²) in [6.45, 7) is 5.58. The second-order valence-corrected chi connectivity index (χ2v) is 7.41. The first-order chi connectivity index (χ1) is 9.24. The molecule has 19 heavy (non-hydrogen) atoms. The second-order valence-electron chi connectivity index (χ2n) is 4.68. The third-order valence-electron chi connectivity index (χ3n) is 3.47. The standard InChI is InChI=1S/C15H20ClNS2/c1-3-11(4-2)10-17-15(12-6-5-9-18-12)13-7-8-14(16)19-13/h5-9,11,15,17H,3-4,10H2,1-2H3. The third-order valence-corrected chi connectivity index (χ3v) is 5.70. The zero-order valence-electron chi connectivity index (χ0n) is 11.4. The van der Waals surface area contributed by atoms with Crippen molar-refractivity contribution in [1.29, 1.82) is 0 Å². The molecule has 0 spiro atoms. The molecule has 0 saturated carbocycles. The summed E-state index contributed by atoms with van der Waals surface area (Å²) in [5, 5.41) is 5.85. The Morgan fingerprint density at radius 2 is 1.95 bits per heavy atom. The lowest BCUT2D eigenvalue weighted by Gasteiger charge is -2.20. The van der Waals surface area contributed by atoms with Crippen LogP contribution in [0.25, 0.3) is 0 Å². The van der Waals surface area contributed by atoms with Gasteiger partial charge < -0.3 is 5.32 Å². The highest BCUT2D eigenvalue weighted by Gasteiger charge is 2.17. The minimum Gasteiger partial charge on any atom is -0.305 e. The molecule has 0 amide bonds. The van der Waals surface area contributed by atoms with Crippen LogP contribution in [0.2, 0.25) is 4.34 Å². The maximum absolute atomic E-state index is 6.08. The maximum Gasteiger partial charge on any atom is 0.0931 e. The minimum atomic E-state index is 0.290. The van der Waals surface area contributed by atoms with E-state index in [0.717, 1.165) is 16.8 Å². The molecule has 0 aliphatic carbocycles. The number of rotatable bonds is 7. The van der Waals surface area contributed by atoms with Crippen molar-refractivity contribution in [3.8, 4) is 0 Å². The summed E-state index contributed by atoms with van der Waals surface area (Å²) in [5.74, 6) is 0.748. The lowest BCUT2D eigenvalue weighted by Crippen LogP contribution is -2.26. The summed E-state index contributed by atoms with van der Waals surface area (Å²) in [7, 11) is 0. The molecule has 0 radical (unpaired) electrons. The monoisotopic (exact) mass is 313 g/mol. The highest BCUT2D eigenvalue weighted by Crippen LogP contribution is 2.33. The van der Waals surface area contributed by atoms with E-state index in [2.05, 4.69) is 42.7 Å². The molecule has 1 atom stereocenters. The van der Waals surface area contributed by atoms with Gasteiger partial charge in [-0.25, -0.2) is 0 Å². The van der Waals surface area contributed by atoms with Crippen LogP contribution in [-0.4, -0.2) is 6.54 Å². The van der Waals surface area contributed by atoms with E-state index < -0.39 is 0 Å². The topological polar surface area (TPSA) is 12.0 Å². The quantitative estimate of drug-likeness (QED) is 0.703. The van der Waals surface area contributed by atoms with Crippen molar-refractivity contribution in [3.63, 3.8) is 0 Å². The van der Waals surface area contributed by atoms with E-state index in [9.17, 15) is 0 Å². The third kappa shape index (κ3) is 4.06. The predicted octanol–water partition coefficient (Wildman–Crippen LogP) is 5.58. The molecule has 0 aromatic carbocycles. The van der Waals surface area contributed by atoms with E-state index in [0.29, 0.717) is 0 Å². The Labute approximate surface area is 128 Å². The van der Waals surface area contributed by atoms with Crippen molar-refractivity contribution in [2.24, 2.45) is 5.92 Å². The first kappa shape index (κ1) is 15.0. The van der Waals surface area contributed by atoms with Gasteiger partial charge in [0.05, 0.1) is 10.4 Å². The molecule has 0 aliphatic rings. The van der Waals surface area contributed by atoms with E-state index in [-0.39, 0.29) is 6.04 Å². The van der Waals surface area contributed by atoms with E-state index in [4.69, 9.17) is 11.6 Å². The first-order valence-electron chi connectivity index (χ1n) is 6.76. The Bertz CT molecular complexity index is 474. The van der Waals surface area contributed by atoms with Gasteiger partial charge in [0.2, 0.25) is 0 Å². The van der Waals surface area contributed by atoms with Crippen molar-refractivity contribution < 1.29 is 0 Å². The average Bonchev–Trinajstić information content (AvgIpc) is 3.07. The zero-order chi connectivity index (χ0) is 13.7. The number of hydrogen-bond donors (Lipinski definition) is 1. The molecule has 2 aromatic rings. The van der Waals surface area contributed by atoms with Gasteiger partial charge in [0.15, 0.2) is 0 Å². The van der Waals surface area contributed by atoms with E-state index in [1.165, 1.54) is 22.6 Å². The van der Waals surface area contributed by atoms with Gasteiger partial charge in [0.25, 0.3) is 0 Å². The maximum atomic E-state index is 6.08. The molecule has 0 fully saturated rings. The number of hydrogen-bond acceptors (Lipinski definition) is 3. The van der Waals surface area contributed by atoms with E-state index in [1.54, 1.807) is 22.7 Å². The van der Waals surface area contributed by atoms with Gasteiger partial charge in [-0.1, -0.05) is 44.4 Å². The lowest BCUT2D eigenvalue weighted by atomic mass is 10.0. The normalized spacial score (nSPS) is 13.1. The number of nitrogens with one attached hydrogen (secondary N) is 1. The molecule has 104 valence electrons. The van der Waals surface area contributed by atoms with Crippen molar-refractivity contribution in [2.75, 3.05) is 6.54 Å². The van der Waals surface area contributed by atoms with Gasteiger partial charge in [-0.15, -0.1) is 22.7 Å². The largest absolute Gasteiger partial charge is 0.305 e. The molecule has 1 nitrogen and oxygen atoms in total. The molecule has 4 heteroatoms. The highest BCUT2D eigenvalue weighted by atomic mass is 35.5. The Balaban J connectivity index is 2.11. The fraction of sp³-hybridized carbons (Fsp3) is 0.467. The van der Waals surface area contributed by atoms with Gasteiger partial charge in [-0.3, -0.25) is 0 Å². The van der Waals surface area contributed by atoms with Gasteiger partial charge in [-0.2, -0.15) is 0 Å². The van der Waals surface area contributed by atoms with Crippen LogP contribution in [-0.2, 0) is 0 Å². The highest BCUT2D eigenvalue weighted by molar-refractivity contribution is 7.16. The van der Waals surface area contributed by atoms with Crippen molar-refractivity contribution in [3.05, 3.63) is 43.7 Å². The molecule has 1 N–H and O–H groups in total. The molecule has 0 saturated heterocycles. The van der Waals surface area contributed by atoms with Crippen molar-refractivity contribution in [1.82, 2.24) is 5.32 Å². The first-order valence-corrected chi connectivity index (χ1v) is 8.84. The summed E-state index contributed by atoms with van der Waals surface area (Å²) in [6.07, 6.45) is 2.46. The van der Waals surface area contributed by atoms with Crippen molar-refractivity contribution in [2.45, 2.75) is 32.7 Å². The Morgan fingerprint density at radius 3 is 2.47 bits per heavy atom. The molecule has 2 rings (SSSR count). The lowest BCUT2D eigenvalue weighted by molar-refractivity contribution is 0.434. The summed E-state index contributed by atoms with van der Waals surface area (Å²) in [4.78, 5) is 2.67. The molecule has 2 aromatic heterocycles. The molecule has 0 aliphatic heterocycles. The van der Waals surface area contributed by atoms with Crippen LogP contribution in [0.5, 0.6) is 0 Å². The van der Waals surface area contributed by atoms with E-state index in [1.807, 2.05) is 6.07 Å². The van der Waals surface area contributed by atoms with Crippen LogP contribution in [0.3, 0.4) is 0 Å². The van der Waals surface area contributed by atoms with Crippen LogP contribution in [0.4, 0.5) is 0 Å². The summed E-state index contributed by atoms with van der Waals surface area (Å²) in [6, 6.07) is 8.72. The fourth-order valence-electron chi connectivity index (χ4n) is 2.14. The molecule has 2 heterocycles. The predicted molar refractivity (Wildman–Crippen MR) is 87.6 cm³/mol. The number of thiophene rings is 2. The fourth-order valence-corrected chi connectivity index (χ4v) is 4.19. The van der Waals surface area contributed by atoms with Crippen molar-refractivity contribution >= 4 is 34.3 Å². The Morgan fingerprint density at radius 1 is 1.16 bits per heavy atom. The Hall–Kier alpha value is -0.350. The number of halogens is 1. The summed E-state index contributed by atoms with van der Waals surface area (Å²) in [5.41, 5.74) is 0. The van der Waals surface area contributed by atoms with Crippen LogP contribution in [0, 0.1) is 5.92 Å². The molecular formula is C15H20ClNS2. The van der Waals surface area contributed by atoms with Crippen LogP contribution >= 0.6 is 34.3 Å². The minimum absolute atomic E-state index is 0.290. The summed E-state index contributed by atoms with van der Waals surface area (Å²) < 4.78 is 0.862. The summed E-state index contributed by atoms with van der Waals surface area (Å²) >= 11 is 9.55. The van der Waals surface area contributed by atoms with Crippen LogP contribution in [0.1, 0.15) is 42.5 Å². The second kappa shape index (κ2) is 7.44. The van der Waals surface area contributed by atoms with Crippen LogP contribution < -0.4 is 5.32 Å². The molecule has 0 bridgehead atoms. The van der Waals surface area contributed by atoms with Gasteiger partial charge >= 0.3 is 0 Å².